The Labute approximate surface area is 161 Å². The number of aromatic nitrogens is 1. The Hall–Kier alpha value is -1.39. The molecule has 0 radical (unpaired) electrons. The number of carbonyl (C=O) groups excluding carboxylic acids is 1. The minimum Gasteiger partial charge on any atom is -0.347 e. The number of halogens is 2. The van der Waals surface area contributed by atoms with E-state index in [9.17, 15) is 14.9 Å². The van der Waals surface area contributed by atoms with Gasteiger partial charge in [0.15, 0.2) is 0 Å². The summed E-state index contributed by atoms with van der Waals surface area (Å²) in [5.74, 6) is -0.319. The molecule has 3 rings (SSSR count). The van der Waals surface area contributed by atoms with E-state index in [1.807, 2.05) is 0 Å². The normalized spacial score (nSPS) is 16.8. The minimum atomic E-state index is -0.518. The van der Waals surface area contributed by atoms with E-state index in [-0.39, 0.29) is 22.5 Å². The van der Waals surface area contributed by atoms with Crippen molar-refractivity contribution in [1.82, 2.24) is 15.6 Å². The van der Waals surface area contributed by atoms with Gasteiger partial charge in [0, 0.05) is 31.0 Å². The molecule has 0 saturated carbocycles. The fourth-order valence-corrected chi connectivity index (χ4v) is 5.07. The molecule has 7 nitrogen and oxygen atoms in total. The van der Waals surface area contributed by atoms with Crippen molar-refractivity contribution in [2.75, 3.05) is 13.1 Å². The second-order valence-corrected chi connectivity index (χ2v) is 8.38. The predicted molar refractivity (Wildman–Crippen MR) is 98.1 cm³/mol. The minimum absolute atomic E-state index is 0.0360. The molecule has 0 spiro atoms. The summed E-state index contributed by atoms with van der Waals surface area (Å²) in [4.78, 5) is 27.8. The Morgan fingerprint density at radius 2 is 2.16 bits per heavy atom. The number of hydrogen-bond donors (Lipinski definition) is 2. The number of thiophene rings is 1. The quantitative estimate of drug-likeness (QED) is 0.568. The lowest BCUT2D eigenvalue weighted by atomic mass is 10.2. The van der Waals surface area contributed by atoms with Gasteiger partial charge in [-0.25, -0.2) is 0 Å². The van der Waals surface area contributed by atoms with Crippen molar-refractivity contribution in [3.63, 3.8) is 0 Å². The fraction of sp³-hybridized carbons (Fsp3) is 0.286. The van der Waals surface area contributed by atoms with Gasteiger partial charge >= 0.3 is 0 Å². The van der Waals surface area contributed by atoms with E-state index in [2.05, 4.69) is 15.6 Å². The zero-order chi connectivity index (χ0) is 18.0. The van der Waals surface area contributed by atoms with E-state index >= 15 is 0 Å². The number of hydrogen-bond acceptors (Lipinski definition) is 7. The van der Waals surface area contributed by atoms with Crippen LogP contribution in [0.25, 0.3) is 0 Å². The van der Waals surface area contributed by atoms with Crippen molar-refractivity contribution in [2.24, 2.45) is 0 Å². The Bertz CT molecular complexity index is 804. The van der Waals surface area contributed by atoms with Crippen molar-refractivity contribution >= 4 is 57.9 Å². The molecule has 3 heterocycles. The van der Waals surface area contributed by atoms with Gasteiger partial charge in [-0.2, -0.15) is 0 Å². The molecule has 2 aromatic heterocycles. The maximum Gasteiger partial charge on any atom is 0.294 e. The summed E-state index contributed by atoms with van der Waals surface area (Å²) in [5.41, 5.74) is -0.145. The molecular formula is C14H12Cl2N4O3S2. The lowest BCUT2D eigenvalue weighted by Crippen LogP contribution is -2.35. The Balaban J connectivity index is 1.87. The first-order valence-corrected chi connectivity index (χ1v) is 9.61. The lowest BCUT2D eigenvalue weighted by molar-refractivity contribution is -0.387. The molecule has 1 aliphatic heterocycles. The second-order valence-electron chi connectivity index (χ2n) is 5.24. The van der Waals surface area contributed by atoms with Crippen molar-refractivity contribution < 1.29 is 9.72 Å². The van der Waals surface area contributed by atoms with Gasteiger partial charge in [0.2, 0.25) is 0 Å². The topological polar surface area (TPSA) is 97.2 Å². The summed E-state index contributed by atoms with van der Waals surface area (Å²) in [5, 5.41) is 18.0. The van der Waals surface area contributed by atoms with E-state index in [4.69, 9.17) is 23.2 Å². The van der Waals surface area contributed by atoms with Crippen molar-refractivity contribution in [2.45, 2.75) is 21.6 Å². The smallest absolute Gasteiger partial charge is 0.294 e. The van der Waals surface area contributed by atoms with Crippen LogP contribution in [0.1, 0.15) is 16.1 Å². The molecule has 2 aromatic rings. The van der Waals surface area contributed by atoms with Gasteiger partial charge in [0.1, 0.15) is 9.09 Å². The second kappa shape index (κ2) is 7.88. The largest absolute Gasteiger partial charge is 0.347 e. The van der Waals surface area contributed by atoms with E-state index in [0.717, 1.165) is 36.1 Å². The monoisotopic (exact) mass is 418 g/mol. The molecule has 1 aliphatic rings. The number of nitro groups is 1. The molecule has 2 N–H and O–H groups in total. The van der Waals surface area contributed by atoms with E-state index < -0.39 is 4.92 Å². The Morgan fingerprint density at radius 3 is 2.76 bits per heavy atom. The third-order valence-electron chi connectivity index (χ3n) is 3.50. The van der Waals surface area contributed by atoms with Crippen molar-refractivity contribution in [3.8, 4) is 0 Å². The summed E-state index contributed by atoms with van der Waals surface area (Å²) in [6.07, 6.45) is 3.66. The first kappa shape index (κ1) is 18.4. The highest BCUT2D eigenvalue weighted by Gasteiger charge is 2.26. The molecule has 0 aliphatic carbocycles. The molecule has 1 fully saturated rings. The van der Waals surface area contributed by atoms with Crippen LogP contribution in [0.2, 0.25) is 10.0 Å². The summed E-state index contributed by atoms with van der Waals surface area (Å²) in [6.45, 7) is 1.54. The SMILES string of the molecule is O=C(NC1CCNC1)c1cc([N+](=O)[O-])c(Sc2c(Cl)cncc2Cl)s1. The molecule has 0 aromatic carbocycles. The number of nitrogens with one attached hydrogen (secondary N) is 2. The molecule has 0 bridgehead atoms. The molecule has 11 heteroatoms. The summed E-state index contributed by atoms with van der Waals surface area (Å²) in [6, 6.07) is 1.32. The predicted octanol–water partition coefficient (Wildman–Crippen LogP) is 3.60. The van der Waals surface area contributed by atoms with Gasteiger partial charge in [-0.1, -0.05) is 35.0 Å². The molecule has 132 valence electrons. The number of rotatable bonds is 5. The standard InChI is InChI=1S/C14H12Cl2N4O3S2/c15-8-5-18-6-9(16)12(8)25-14-10(20(22)23)3-11(24-14)13(21)19-7-1-2-17-4-7/h3,5-7,17H,1-2,4H2,(H,19,21). The van der Waals surface area contributed by atoms with Gasteiger partial charge in [-0.05, 0) is 13.0 Å². The van der Waals surface area contributed by atoms with Gasteiger partial charge < -0.3 is 10.6 Å². The van der Waals surface area contributed by atoms with Crippen molar-refractivity contribution in [1.29, 1.82) is 0 Å². The van der Waals surface area contributed by atoms with E-state index in [1.54, 1.807) is 0 Å². The van der Waals surface area contributed by atoms with Gasteiger partial charge in [0.05, 0.1) is 19.9 Å². The fourth-order valence-electron chi connectivity index (χ4n) is 2.30. The highest BCUT2D eigenvalue weighted by Crippen LogP contribution is 2.45. The Morgan fingerprint density at radius 1 is 1.44 bits per heavy atom. The maximum atomic E-state index is 12.4. The van der Waals surface area contributed by atoms with Crippen molar-refractivity contribution in [3.05, 3.63) is 43.5 Å². The van der Waals surface area contributed by atoms with Gasteiger partial charge in [-0.3, -0.25) is 19.9 Å². The van der Waals surface area contributed by atoms with Gasteiger partial charge in [-0.15, -0.1) is 11.3 Å². The third-order valence-corrected chi connectivity index (χ3v) is 6.75. The van der Waals surface area contributed by atoms with Crippen LogP contribution < -0.4 is 10.6 Å². The summed E-state index contributed by atoms with van der Waals surface area (Å²) >= 11 is 14.2. The number of amides is 1. The van der Waals surface area contributed by atoms with Gasteiger partial charge in [0.25, 0.3) is 11.6 Å². The maximum absolute atomic E-state index is 12.4. The lowest BCUT2D eigenvalue weighted by Gasteiger charge is -2.09. The molecule has 1 unspecified atom stereocenters. The summed E-state index contributed by atoms with van der Waals surface area (Å²) < 4.78 is 0.342. The highest BCUT2D eigenvalue weighted by molar-refractivity contribution is 8.01. The number of pyridine rings is 1. The van der Waals surface area contributed by atoms with E-state index in [0.29, 0.717) is 25.7 Å². The highest BCUT2D eigenvalue weighted by atomic mass is 35.5. The third kappa shape index (κ3) is 4.24. The molecule has 1 atom stereocenters. The van der Waals surface area contributed by atoms with Crippen LogP contribution in [0.15, 0.2) is 27.6 Å². The number of nitrogens with zero attached hydrogens (tertiary/aromatic N) is 2. The number of carbonyl (C=O) groups is 1. The zero-order valence-corrected chi connectivity index (χ0v) is 15.8. The average Bonchev–Trinajstić information content (AvgIpc) is 3.20. The van der Waals surface area contributed by atoms with E-state index in [1.165, 1.54) is 18.5 Å². The van der Waals surface area contributed by atoms with Crippen LogP contribution in [0.4, 0.5) is 5.69 Å². The first-order valence-electron chi connectivity index (χ1n) is 7.22. The van der Waals surface area contributed by atoms with Crippen LogP contribution in [-0.2, 0) is 0 Å². The molecule has 25 heavy (non-hydrogen) atoms. The Kier molecular flexibility index (Phi) is 5.80. The first-order chi connectivity index (χ1) is 12.0. The average molecular weight is 419 g/mol. The van der Waals surface area contributed by atoms with Crippen LogP contribution in [0.3, 0.4) is 0 Å². The molecule has 1 saturated heterocycles. The zero-order valence-electron chi connectivity index (χ0n) is 12.6. The van der Waals surface area contributed by atoms with Crippen LogP contribution in [0, 0.1) is 10.1 Å². The summed E-state index contributed by atoms with van der Waals surface area (Å²) in [7, 11) is 0. The van der Waals surface area contributed by atoms with Crippen LogP contribution in [0.5, 0.6) is 0 Å². The van der Waals surface area contributed by atoms with Crippen LogP contribution >= 0.6 is 46.3 Å². The molecular weight excluding hydrogens is 407 g/mol. The van der Waals surface area contributed by atoms with Crippen LogP contribution in [-0.4, -0.2) is 34.9 Å². The molecule has 1 amide bonds.